The lowest BCUT2D eigenvalue weighted by atomic mass is 10.1. The maximum absolute atomic E-state index is 12.0. The molecule has 8 heteroatoms. The van der Waals surface area contributed by atoms with Crippen molar-refractivity contribution in [2.24, 2.45) is 5.10 Å². The number of allylic oxidation sites excluding steroid dienone is 1. The van der Waals surface area contributed by atoms with Gasteiger partial charge in [-0.05, 0) is 48.4 Å². The van der Waals surface area contributed by atoms with Gasteiger partial charge in [0.25, 0.3) is 5.91 Å². The van der Waals surface area contributed by atoms with Gasteiger partial charge in [0, 0.05) is 24.1 Å². The number of phenolic OH excluding ortho intramolecular Hbond substituents is 1. The Labute approximate surface area is 175 Å². The molecule has 0 spiro atoms. The first-order chi connectivity index (χ1) is 14.5. The van der Waals surface area contributed by atoms with Crippen LogP contribution in [-0.2, 0) is 11.2 Å². The van der Waals surface area contributed by atoms with E-state index < -0.39 is 0 Å². The van der Waals surface area contributed by atoms with E-state index in [2.05, 4.69) is 22.4 Å². The topological polar surface area (TPSA) is 109 Å². The molecule has 8 nitrogen and oxygen atoms in total. The molecule has 2 aromatic rings. The molecule has 0 saturated carbocycles. The third-order valence-corrected chi connectivity index (χ3v) is 4.15. The summed E-state index contributed by atoms with van der Waals surface area (Å²) in [7, 11) is 3.00. The maximum atomic E-state index is 12.0. The molecule has 0 aliphatic heterocycles. The van der Waals surface area contributed by atoms with Crippen molar-refractivity contribution in [2.75, 3.05) is 20.8 Å². The van der Waals surface area contributed by atoms with Crippen LogP contribution in [0.2, 0.25) is 0 Å². The number of benzene rings is 2. The first-order valence-corrected chi connectivity index (χ1v) is 9.23. The predicted octanol–water partition coefficient (Wildman–Crippen LogP) is 2.41. The first kappa shape index (κ1) is 22.5. The average molecular weight is 411 g/mol. The summed E-state index contributed by atoms with van der Waals surface area (Å²) in [6.07, 6.45) is 3.64. The van der Waals surface area contributed by atoms with Gasteiger partial charge in [-0.25, -0.2) is 5.43 Å². The van der Waals surface area contributed by atoms with Gasteiger partial charge in [-0.15, -0.1) is 6.58 Å². The van der Waals surface area contributed by atoms with Crippen molar-refractivity contribution < 1.29 is 24.2 Å². The van der Waals surface area contributed by atoms with Gasteiger partial charge in [0.15, 0.2) is 11.5 Å². The molecule has 2 rings (SSSR count). The van der Waals surface area contributed by atoms with Crippen LogP contribution in [-0.4, -0.2) is 43.9 Å². The van der Waals surface area contributed by atoms with E-state index in [0.717, 1.165) is 0 Å². The van der Waals surface area contributed by atoms with Crippen molar-refractivity contribution in [1.29, 1.82) is 0 Å². The zero-order valence-electron chi connectivity index (χ0n) is 17.0. The lowest BCUT2D eigenvalue weighted by Crippen LogP contribution is -2.29. The lowest BCUT2D eigenvalue weighted by Gasteiger charge is -2.09. The molecule has 3 N–H and O–H groups in total. The van der Waals surface area contributed by atoms with E-state index in [0.29, 0.717) is 34.6 Å². The molecule has 30 heavy (non-hydrogen) atoms. The number of carbonyl (C=O) groups is 2. The van der Waals surface area contributed by atoms with Crippen LogP contribution in [0, 0.1) is 0 Å². The number of hydrogen-bond donors (Lipinski definition) is 3. The van der Waals surface area contributed by atoms with E-state index in [1.807, 2.05) is 0 Å². The Kier molecular flexibility index (Phi) is 8.43. The number of methoxy groups -OCH3 is 2. The molecule has 0 aliphatic rings. The van der Waals surface area contributed by atoms with Crippen LogP contribution in [0.1, 0.15) is 27.9 Å². The zero-order valence-corrected chi connectivity index (χ0v) is 17.0. The smallest absolute Gasteiger partial charge is 0.251 e. The number of ether oxygens (including phenoxy) is 2. The third-order valence-electron chi connectivity index (χ3n) is 4.15. The number of nitrogens with one attached hydrogen (secondary N) is 2. The molecule has 2 amide bonds. The molecule has 0 unspecified atom stereocenters. The largest absolute Gasteiger partial charge is 0.504 e. The summed E-state index contributed by atoms with van der Waals surface area (Å²) in [5, 5.41) is 16.7. The van der Waals surface area contributed by atoms with Crippen LogP contribution in [0.5, 0.6) is 17.2 Å². The highest BCUT2D eigenvalue weighted by Gasteiger charge is 2.09. The standard InChI is InChI=1S/C22H25N3O5/c1-4-5-17-12-15(13-19(30-3)21(17)27)14-24-25-20(26)10-11-23-22(28)16-6-8-18(29-2)9-7-16/h4,6-9,12-14,27H,1,5,10-11H2,2-3H3,(H,23,28)(H,25,26)/b24-14+. The fourth-order valence-corrected chi connectivity index (χ4v) is 2.60. The second-order valence-electron chi connectivity index (χ2n) is 6.25. The van der Waals surface area contributed by atoms with Gasteiger partial charge >= 0.3 is 0 Å². The van der Waals surface area contributed by atoms with Crippen LogP contribution in [0.15, 0.2) is 54.2 Å². The Bertz CT molecular complexity index is 923. The minimum atomic E-state index is -0.349. The number of hydrogen-bond acceptors (Lipinski definition) is 6. The van der Waals surface area contributed by atoms with Crippen LogP contribution >= 0.6 is 0 Å². The molecule has 0 radical (unpaired) electrons. The molecular weight excluding hydrogens is 386 g/mol. The van der Waals surface area contributed by atoms with E-state index in [-0.39, 0.29) is 30.5 Å². The Morgan fingerprint density at radius 2 is 1.90 bits per heavy atom. The van der Waals surface area contributed by atoms with Gasteiger partial charge in [0.05, 0.1) is 20.4 Å². The minimum Gasteiger partial charge on any atom is -0.504 e. The first-order valence-electron chi connectivity index (χ1n) is 9.23. The molecule has 0 bridgehead atoms. The van der Waals surface area contributed by atoms with Gasteiger partial charge in [-0.1, -0.05) is 6.08 Å². The average Bonchev–Trinajstić information content (AvgIpc) is 2.75. The number of rotatable bonds is 10. The van der Waals surface area contributed by atoms with Gasteiger partial charge < -0.3 is 19.9 Å². The number of hydrazone groups is 1. The highest BCUT2D eigenvalue weighted by molar-refractivity contribution is 5.94. The minimum absolute atomic E-state index is 0.0474. The Morgan fingerprint density at radius 1 is 1.17 bits per heavy atom. The highest BCUT2D eigenvalue weighted by atomic mass is 16.5. The fourth-order valence-electron chi connectivity index (χ4n) is 2.60. The number of carbonyl (C=O) groups excluding carboxylic acids is 2. The molecule has 0 fully saturated rings. The fraction of sp³-hybridized carbons (Fsp3) is 0.227. The summed E-state index contributed by atoms with van der Waals surface area (Å²) in [5.41, 5.74) is 4.17. The molecule has 2 aromatic carbocycles. The van der Waals surface area contributed by atoms with Crippen molar-refractivity contribution in [3.63, 3.8) is 0 Å². The molecule has 0 aliphatic carbocycles. The Morgan fingerprint density at radius 3 is 2.53 bits per heavy atom. The van der Waals surface area contributed by atoms with Crippen molar-refractivity contribution in [1.82, 2.24) is 10.7 Å². The van der Waals surface area contributed by atoms with Crippen LogP contribution < -0.4 is 20.2 Å². The third kappa shape index (κ3) is 6.37. The van der Waals surface area contributed by atoms with Crippen LogP contribution in [0.4, 0.5) is 0 Å². The Balaban J connectivity index is 1.84. The van der Waals surface area contributed by atoms with E-state index in [9.17, 15) is 14.7 Å². The van der Waals surface area contributed by atoms with Gasteiger partial charge in [-0.3, -0.25) is 9.59 Å². The summed E-state index contributed by atoms with van der Waals surface area (Å²) in [4.78, 5) is 24.0. The van der Waals surface area contributed by atoms with Crippen molar-refractivity contribution in [2.45, 2.75) is 12.8 Å². The summed E-state index contributed by atoms with van der Waals surface area (Å²) < 4.78 is 10.2. The van der Waals surface area contributed by atoms with Crippen molar-refractivity contribution >= 4 is 18.0 Å². The van der Waals surface area contributed by atoms with Gasteiger partial charge in [0.1, 0.15) is 5.75 Å². The van der Waals surface area contributed by atoms with E-state index in [4.69, 9.17) is 9.47 Å². The molecule has 0 saturated heterocycles. The van der Waals surface area contributed by atoms with E-state index in [1.54, 1.807) is 49.6 Å². The van der Waals surface area contributed by atoms with Gasteiger partial charge in [-0.2, -0.15) is 5.10 Å². The van der Waals surface area contributed by atoms with E-state index >= 15 is 0 Å². The second kappa shape index (κ2) is 11.3. The Hall–Kier alpha value is -3.81. The number of phenols is 1. The second-order valence-corrected chi connectivity index (χ2v) is 6.25. The van der Waals surface area contributed by atoms with Crippen LogP contribution in [0.25, 0.3) is 0 Å². The predicted molar refractivity (Wildman–Crippen MR) is 114 cm³/mol. The number of amides is 2. The number of aromatic hydroxyl groups is 1. The summed E-state index contributed by atoms with van der Waals surface area (Å²) in [5.74, 6) is 0.388. The van der Waals surface area contributed by atoms with E-state index in [1.165, 1.54) is 13.3 Å². The SMILES string of the molecule is C=CCc1cc(/C=N/NC(=O)CCNC(=O)c2ccc(OC)cc2)cc(OC)c1O. The maximum Gasteiger partial charge on any atom is 0.251 e. The summed E-state index contributed by atoms with van der Waals surface area (Å²) in [6, 6.07) is 10.00. The van der Waals surface area contributed by atoms with Crippen molar-refractivity contribution in [3.8, 4) is 17.2 Å². The van der Waals surface area contributed by atoms with Crippen molar-refractivity contribution in [3.05, 3.63) is 65.7 Å². The van der Waals surface area contributed by atoms with Gasteiger partial charge in [0.2, 0.25) is 5.91 Å². The normalized spacial score (nSPS) is 10.5. The highest BCUT2D eigenvalue weighted by Crippen LogP contribution is 2.31. The zero-order chi connectivity index (χ0) is 21.9. The molecule has 0 heterocycles. The lowest BCUT2D eigenvalue weighted by molar-refractivity contribution is -0.120. The van der Waals surface area contributed by atoms with Crippen LogP contribution in [0.3, 0.4) is 0 Å². The number of nitrogens with zero attached hydrogens (tertiary/aromatic N) is 1. The molecule has 158 valence electrons. The summed E-state index contributed by atoms with van der Waals surface area (Å²) >= 11 is 0. The summed E-state index contributed by atoms with van der Waals surface area (Å²) in [6.45, 7) is 3.83. The molecule has 0 atom stereocenters. The molecular formula is C22H25N3O5. The quantitative estimate of drug-likeness (QED) is 0.316. The molecule has 0 aromatic heterocycles. The monoisotopic (exact) mass is 411 g/mol.